The topological polar surface area (TPSA) is 71.6 Å². The zero-order valence-electron chi connectivity index (χ0n) is 15.7. The highest BCUT2D eigenvalue weighted by Crippen LogP contribution is 2.40. The van der Waals surface area contributed by atoms with Gasteiger partial charge in [-0.1, -0.05) is 48.5 Å². The van der Waals surface area contributed by atoms with Crippen LogP contribution < -0.4 is 5.01 Å². The van der Waals surface area contributed by atoms with Crippen LogP contribution in [0.4, 0.5) is 10.8 Å². The van der Waals surface area contributed by atoms with E-state index in [-0.39, 0.29) is 16.7 Å². The van der Waals surface area contributed by atoms with Gasteiger partial charge in [0, 0.05) is 29.5 Å². The van der Waals surface area contributed by atoms with Gasteiger partial charge >= 0.3 is 0 Å². The Morgan fingerprint density at radius 2 is 1.80 bits per heavy atom. The molecule has 0 spiro atoms. The van der Waals surface area contributed by atoms with E-state index in [1.165, 1.54) is 0 Å². The molecule has 0 radical (unpaired) electrons. The van der Waals surface area contributed by atoms with Crippen LogP contribution in [-0.4, -0.2) is 15.6 Å². The summed E-state index contributed by atoms with van der Waals surface area (Å²) in [7, 11) is 0. The number of nitro benzene ring substituents is 1. The van der Waals surface area contributed by atoms with Crippen molar-refractivity contribution in [1.29, 1.82) is 0 Å². The molecule has 148 valence electrons. The largest absolute Gasteiger partial charge is 0.269 e. The lowest BCUT2D eigenvalue weighted by atomic mass is 10.0. The molecule has 0 N–H and O–H groups in total. The van der Waals surface area contributed by atoms with E-state index in [0.29, 0.717) is 0 Å². The van der Waals surface area contributed by atoms with E-state index in [0.717, 1.165) is 39.0 Å². The van der Waals surface area contributed by atoms with Crippen molar-refractivity contribution in [3.05, 3.63) is 98.0 Å². The summed E-state index contributed by atoms with van der Waals surface area (Å²) >= 11 is 3.21. The van der Waals surface area contributed by atoms with E-state index in [2.05, 4.69) is 6.07 Å². The second-order valence-corrected chi connectivity index (χ2v) is 8.60. The minimum Gasteiger partial charge on any atom is -0.258 e. The number of benzene rings is 2. The Kier molecular flexibility index (Phi) is 4.86. The summed E-state index contributed by atoms with van der Waals surface area (Å²) in [5.74, 6) is 0. The molecule has 1 unspecified atom stereocenters. The maximum atomic E-state index is 11.0. The summed E-state index contributed by atoms with van der Waals surface area (Å²) in [6, 6.07) is 20.8. The molecule has 2 aromatic heterocycles. The first-order valence-corrected chi connectivity index (χ1v) is 11.1. The number of nitro groups is 1. The van der Waals surface area contributed by atoms with E-state index < -0.39 is 0 Å². The first-order valence-electron chi connectivity index (χ1n) is 9.35. The molecule has 0 saturated heterocycles. The van der Waals surface area contributed by atoms with Crippen LogP contribution in [0, 0.1) is 10.1 Å². The van der Waals surface area contributed by atoms with Crippen molar-refractivity contribution in [3.63, 3.8) is 0 Å². The molecule has 1 aliphatic rings. The van der Waals surface area contributed by atoms with E-state index in [9.17, 15) is 10.1 Å². The average molecular weight is 433 g/mol. The monoisotopic (exact) mass is 432 g/mol. The Labute approximate surface area is 180 Å². The van der Waals surface area contributed by atoms with Gasteiger partial charge in [-0.15, -0.1) is 22.7 Å². The van der Waals surface area contributed by atoms with Gasteiger partial charge in [0.25, 0.3) is 5.69 Å². The minimum atomic E-state index is -0.378. The van der Waals surface area contributed by atoms with E-state index >= 15 is 0 Å². The number of non-ortho nitro benzene ring substituents is 1. The smallest absolute Gasteiger partial charge is 0.258 e. The second kappa shape index (κ2) is 7.81. The Morgan fingerprint density at radius 3 is 2.50 bits per heavy atom. The zero-order chi connectivity index (χ0) is 20.5. The number of hydrazone groups is 1. The van der Waals surface area contributed by atoms with E-state index in [1.807, 2.05) is 64.3 Å². The molecule has 0 saturated carbocycles. The lowest BCUT2D eigenvalue weighted by Gasteiger charge is -2.21. The molecule has 5 rings (SSSR count). The standard InChI is InChI=1S/C22H16N4O2S2/c27-26(28)17-10-8-16(9-11-17)20-13-18(21-7-4-12-29-21)24-25(20)22-23-19(14-30-22)15-5-2-1-3-6-15/h1-12,14,20H,13H2. The van der Waals surface area contributed by atoms with Crippen LogP contribution in [0.1, 0.15) is 22.9 Å². The molecule has 4 aromatic rings. The molecule has 1 aliphatic heterocycles. The third-order valence-corrected chi connectivity index (χ3v) is 6.71. The van der Waals surface area contributed by atoms with Crippen LogP contribution >= 0.6 is 22.7 Å². The maximum absolute atomic E-state index is 11.0. The average Bonchev–Trinajstić information content (AvgIpc) is 3.54. The van der Waals surface area contributed by atoms with Crippen LogP contribution in [0.15, 0.2) is 82.6 Å². The van der Waals surface area contributed by atoms with E-state index in [1.54, 1.807) is 34.8 Å². The highest BCUT2D eigenvalue weighted by Gasteiger charge is 2.32. The fraction of sp³-hybridized carbons (Fsp3) is 0.0909. The Morgan fingerprint density at radius 1 is 1.00 bits per heavy atom. The van der Waals surface area contributed by atoms with Crippen LogP contribution in [0.2, 0.25) is 0 Å². The number of thiophene rings is 1. The lowest BCUT2D eigenvalue weighted by molar-refractivity contribution is -0.384. The SMILES string of the molecule is O=[N+]([O-])c1ccc(C2CC(c3cccs3)=NN2c2nc(-c3ccccc3)cs2)cc1. The van der Waals surface area contributed by atoms with Gasteiger partial charge in [0.1, 0.15) is 0 Å². The summed E-state index contributed by atoms with van der Waals surface area (Å²) in [4.78, 5) is 16.6. The number of hydrogen-bond acceptors (Lipinski definition) is 7. The molecule has 3 heterocycles. The summed E-state index contributed by atoms with van der Waals surface area (Å²) in [6.07, 6.45) is 0.721. The predicted octanol–water partition coefficient (Wildman–Crippen LogP) is 6.14. The fourth-order valence-electron chi connectivity index (χ4n) is 3.47. The third kappa shape index (κ3) is 3.51. The number of rotatable bonds is 5. The summed E-state index contributed by atoms with van der Waals surface area (Å²) in [5, 5.41) is 22.8. The molecule has 0 aliphatic carbocycles. The van der Waals surface area contributed by atoms with Crippen molar-refractivity contribution in [2.75, 3.05) is 5.01 Å². The highest BCUT2D eigenvalue weighted by atomic mass is 32.1. The first kappa shape index (κ1) is 18.7. The van der Waals surface area contributed by atoms with Gasteiger partial charge in [-0.05, 0) is 17.0 Å². The second-order valence-electron chi connectivity index (χ2n) is 6.82. The Hall–Kier alpha value is -3.36. The molecule has 0 amide bonds. The van der Waals surface area contributed by atoms with Crippen molar-refractivity contribution in [1.82, 2.24) is 4.98 Å². The van der Waals surface area contributed by atoms with Crippen molar-refractivity contribution in [2.45, 2.75) is 12.5 Å². The minimum absolute atomic E-state index is 0.0577. The molecular weight excluding hydrogens is 416 g/mol. The van der Waals surface area contributed by atoms with Crippen LogP contribution in [0.5, 0.6) is 0 Å². The Balaban J connectivity index is 1.52. The van der Waals surface area contributed by atoms with Gasteiger partial charge in [0.05, 0.1) is 27.2 Å². The molecule has 0 bridgehead atoms. The van der Waals surface area contributed by atoms with Gasteiger partial charge in [-0.25, -0.2) is 9.99 Å². The lowest BCUT2D eigenvalue weighted by Crippen LogP contribution is -2.18. The van der Waals surface area contributed by atoms with Crippen molar-refractivity contribution in [2.24, 2.45) is 5.10 Å². The number of aromatic nitrogens is 1. The number of hydrogen-bond donors (Lipinski definition) is 0. The molecule has 8 heteroatoms. The number of anilines is 1. The molecule has 2 aromatic carbocycles. The van der Waals surface area contributed by atoms with Crippen LogP contribution in [0.25, 0.3) is 11.3 Å². The van der Waals surface area contributed by atoms with Crippen molar-refractivity contribution < 1.29 is 4.92 Å². The first-order chi connectivity index (χ1) is 14.7. The summed E-state index contributed by atoms with van der Waals surface area (Å²) in [5.41, 5.74) is 4.05. The highest BCUT2D eigenvalue weighted by molar-refractivity contribution is 7.14. The van der Waals surface area contributed by atoms with Gasteiger partial charge in [0.2, 0.25) is 5.13 Å². The van der Waals surface area contributed by atoms with Gasteiger partial charge < -0.3 is 0 Å². The van der Waals surface area contributed by atoms with Crippen LogP contribution in [-0.2, 0) is 0 Å². The van der Waals surface area contributed by atoms with Gasteiger partial charge in [-0.3, -0.25) is 10.1 Å². The summed E-state index contributed by atoms with van der Waals surface area (Å²) in [6.45, 7) is 0. The van der Waals surface area contributed by atoms with Crippen molar-refractivity contribution >= 4 is 39.2 Å². The van der Waals surface area contributed by atoms with Crippen LogP contribution in [0.3, 0.4) is 0 Å². The maximum Gasteiger partial charge on any atom is 0.269 e. The third-order valence-electron chi connectivity index (χ3n) is 4.96. The molecule has 0 fully saturated rings. The van der Waals surface area contributed by atoms with Crippen molar-refractivity contribution in [3.8, 4) is 11.3 Å². The molecular formula is C22H16N4O2S2. The molecule has 6 nitrogen and oxygen atoms in total. The van der Waals surface area contributed by atoms with Gasteiger partial charge in [-0.2, -0.15) is 5.10 Å². The normalized spacial score (nSPS) is 15.9. The molecule has 30 heavy (non-hydrogen) atoms. The zero-order valence-corrected chi connectivity index (χ0v) is 17.3. The predicted molar refractivity (Wildman–Crippen MR) is 121 cm³/mol. The Bertz CT molecular complexity index is 1200. The van der Waals surface area contributed by atoms with Gasteiger partial charge in [0.15, 0.2) is 0 Å². The number of thiazole rings is 1. The number of nitrogens with zero attached hydrogens (tertiary/aromatic N) is 4. The molecule has 1 atom stereocenters. The summed E-state index contributed by atoms with van der Waals surface area (Å²) < 4.78 is 0. The quantitative estimate of drug-likeness (QED) is 0.281. The van der Waals surface area contributed by atoms with E-state index in [4.69, 9.17) is 10.1 Å². The fourth-order valence-corrected chi connectivity index (χ4v) is 5.02.